The molecule has 0 saturated carbocycles. The fourth-order valence-electron chi connectivity index (χ4n) is 1.63. The van der Waals surface area contributed by atoms with Gasteiger partial charge in [-0.3, -0.25) is 4.79 Å². The quantitative estimate of drug-likeness (QED) is 0.621. The summed E-state index contributed by atoms with van der Waals surface area (Å²) in [4.78, 5) is 11.6. The molecule has 0 N–H and O–H groups in total. The molecule has 10 heteroatoms. The number of tetrazole rings is 1. The first kappa shape index (κ1) is 14.3. The zero-order valence-electron chi connectivity index (χ0n) is 11.1. The molecule has 0 bridgehead atoms. The molecule has 0 atom stereocenters. The van der Waals surface area contributed by atoms with Gasteiger partial charge in [-0.05, 0) is 38.5 Å². The van der Waals surface area contributed by atoms with E-state index in [0.29, 0.717) is 5.89 Å². The molecule has 2 aromatic heterocycles. The first-order valence-corrected chi connectivity index (χ1v) is 6.95. The van der Waals surface area contributed by atoms with Crippen LogP contribution in [0.15, 0.2) is 39.5 Å². The fraction of sp³-hybridized carbons (Fsp3) is 0.167. The van der Waals surface area contributed by atoms with Crippen molar-refractivity contribution in [3.8, 4) is 11.5 Å². The van der Waals surface area contributed by atoms with E-state index in [1.807, 2.05) is 24.3 Å². The Hall–Kier alpha value is -2.62. The third-order valence-electron chi connectivity index (χ3n) is 2.61. The summed E-state index contributed by atoms with van der Waals surface area (Å²) in [6.07, 6.45) is 1.32. The van der Waals surface area contributed by atoms with Gasteiger partial charge in [-0.15, -0.1) is 15.3 Å². The van der Waals surface area contributed by atoms with Gasteiger partial charge in [0.15, 0.2) is 6.61 Å². The van der Waals surface area contributed by atoms with Crippen LogP contribution in [0.2, 0.25) is 0 Å². The van der Waals surface area contributed by atoms with Crippen molar-refractivity contribution in [3.05, 3.63) is 41.0 Å². The highest BCUT2D eigenvalue weighted by Gasteiger charge is 2.13. The molecular formula is C12H9BrN6O3. The van der Waals surface area contributed by atoms with Crippen molar-refractivity contribution in [1.29, 1.82) is 0 Å². The summed E-state index contributed by atoms with van der Waals surface area (Å²) in [6.45, 7) is -0.198. The van der Waals surface area contributed by atoms with Gasteiger partial charge in [0.25, 0.3) is 5.89 Å². The van der Waals surface area contributed by atoms with E-state index in [1.54, 1.807) is 0 Å². The number of hydrogen-bond donors (Lipinski definition) is 0. The summed E-state index contributed by atoms with van der Waals surface area (Å²) in [5.41, 5.74) is 0.765. The molecule has 3 aromatic rings. The van der Waals surface area contributed by atoms with Gasteiger partial charge in [0.05, 0.1) is 5.56 Å². The third kappa shape index (κ3) is 3.34. The molecule has 0 unspecified atom stereocenters. The molecule has 0 aliphatic rings. The van der Waals surface area contributed by atoms with Gasteiger partial charge in [0.2, 0.25) is 5.89 Å². The number of benzene rings is 1. The molecule has 0 aliphatic heterocycles. The molecule has 0 fully saturated rings. The summed E-state index contributed by atoms with van der Waals surface area (Å²) in [5, 5.41) is 18.2. The lowest BCUT2D eigenvalue weighted by molar-refractivity contribution is -0.146. The predicted molar refractivity (Wildman–Crippen MR) is 75.0 cm³/mol. The molecule has 0 radical (unpaired) electrons. The van der Waals surface area contributed by atoms with Crippen LogP contribution in [0.4, 0.5) is 0 Å². The Morgan fingerprint density at radius 3 is 2.95 bits per heavy atom. The molecule has 0 amide bonds. The maximum absolute atomic E-state index is 11.6. The highest BCUT2D eigenvalue weighted by atomic mass is 79.9. The van der Waals surface area contributed by atoms with Gasteiger partial charge < -0.3 is 9.15 Å². The Labute approximate surface area is 132 Å². The van der Waals surface area contributed by atoms with Crippen LogP contribution in [0.5, 0.6) is 0 Å². The molecule has 3 rings (SSSR count). The second kappa shape index (κ2) is 6.43. The zero-order chi connectivity index (χ0) is 15.4. The number of hydrogen-bond acceptors (Lipinski definition) is 8. The van der Waals surface area contributed by atoms with E-state index in [1.165, 1.54) is 11.0 Å². The van der Waals surface area contributed by atoms with E-state index in [0.717, 1.165) is 10.0 Å². The molecule has 2 heterocycles. The Bertz CT molecular complexity index is 773. The van der Waals surface area contributed by atoms with Crippen molar-refractivity contribution in [2.24, 2.45) is 0 Å². The number of nitrogens with zero attached hydrogens (tertiary/aromatic N) is 6. The topological polar surface area (TPSA) is 109 Å². The molecule has 0 spiro atoms. The molecule has 0 aliphatic carbocycles. The monoisotopic (exact) mass is 364 g/mol. The van der Waals surface area contributed by atoms with E-state index >= 15 is 0 Å². The number of aromatic nitrogens is 6. The lowest BCUT2D eigenvalue weighted by Gasteiger charge is -2.01. The summed E-state index contributed by atoms with van der Waals surface area (Å²) in [7, 11) is 0. The Kier molecular flexibility index (Phi) is 4.19. The van der Waals surface area contributed by atoms with E-state index in [-0.39, 0.29) is 19.0 Å². The standard InChI is InChI=1S/C12H9BrN6O3/c13-9-4-2-1-3-8(9)12-16-15-10(22-12)6-21-11(20)5-19-7-14-17-18-19/h1-4,7H,5-6H2. The summed E-state index contributed by atoms with van der Waals surface area (Å²) in [5.74, 6) is 0.0442. The van der Waals surface area contributed by atoms with Crippen LogP contribution in [0, 0.1) is 0 Å². The van der Waals surface area contributed by atoms with Crippen LogP contribution in [0.1, 0.15) is 5.89 Å². The highest BCUT2D eigenvalue weighted by molar-refractivity contribution is 9.10. The number of carbonyl (C=O) groups is 1. The summed E-state index contributed by atoms with van der Waals surface area (Å²) < 4.78 is 12.6. The number of esters is 1. The smallest absolute Gasteiger partial charge is 0.328 e. The number of halogens is 1. The third-order valence-corrected chi connectivity index (χ3v) is 3.30. The molecule has 22 heavy (non-hydrogen) atoms. The van der Waals surface area contributed by atoms with Crippen molar-refractivity contribution in [2.45, 2.75) is 13.2 Å². The normalized spacial score (nSPS) is 10.6. The van der Waals surface area contributed by atoms with Gasteiger partial charge in [-0.2, -0.15) is 0 Å². The molecule has 112 valence electrons. The zero-order valence-corrected chi connectivity index (χ0v) is 12.7. The van der Waals surface area contributed by atoms with E-state index in [2.05, 4.69) is 41.7 Å². The van der Waals surface area contributed by atoms with Gasteiger partial charge in [0, 0.05) is 4.47 Å². The minimum Gasteiger partial charge on any atom is -0.454 e. The van der Waals surface area contributed by atoms with Crippen molar-refractivity contribution >= 4 is 21.9 Å². The van der Waals surface area contributed by atoms with E-state index in [4.69, 9.17) is 9.15 Å². The highest BCUT2D eigenvalue weighted by Crippen LogP contribution is 2.26. The number of carbonyl (C=O) groups excluding carboxylic acids is 1. The lowest BCUT2D eigenvalue weighted by Crippen LogP contribution is -2.14. The van der Waals surface area contributed by atoms with Crippen LogP contribution in [-0.2, 0) is 22.7 Å². The van der Waals surface area contributed by atoms with Gasteiger partial charge in [0.1, 0.15) is 12.9 Å². The molecule has 1 aromatic carbocycles. The molecular weight excluding hydrogens is 356 g/mol. The number of ether oxygens (including phenoxy) is 1. The van der Waals surface area contributed by atoms with Gasteiger partial charge >= 0.3 is 5.97 Å². The Balaban J connectivity index is 1.60. The first-order valence-electron chi connectivity index (χ1n) is 6.16. The van der Waals surface area contributed by atoms with E-state index < -0.39 is 5.97 Å². The maximum atomic E-state index is 11.6. The Morgan fingerprint density at radius 2 is 2.18 bits per heavy atom. The molecule has 9 nitrogen and oxygen atoms in total. The summed E-state index contributed by atoms with van der Waals surface area (Å²) >= 11 is 3.40. The van der Waals surface area contributed by atoms with Crippen molar-refractivity contribution in [1.82, 2.24) is 30.4 Å². The minimum absolute atomic E-state index is 0.0851. The second-order valence-corrected chi connectivity index (χ2v) is 5.00. The fourth-order valence-corrected chi connectivity index (χ4v) is 2.08. The predicted octanol–water partition coefficient (Wildman–Crippen LogP) is 1.23. The second-order valence-electron chi connectivity index (χ2n) is 4.15. The lowest BCUT2D eigenvalue weighted by atomic mass is 10.2. The Morgan fingerprint density at radius 1 is 1.32 bits per heavy atom. The van der Waals surface area contributed by atoms with E-state index in [9.17, 15) is 4.79 Å². The van der Waals surface area contributed by atoms with Gasteiger partial charge in [-0.1, -0.05) is 12.1 Å². The minimum atomic E-state index is -0.507. The molecule has 0 saturated heterocycles. The van der Waals surface area contributed by atoms with Crippen LogP contribution in [0.25, 0.3) is 11.5 Å². The van der Waals surface area contributed by atoms with Crippen LogP contribution in [0.3, 0.4) is 0 Å². The summed E-state index contributed by atoms with van der Waals surface area (Å²) in [6, 6.07) is 7.44. The van der Waals surface area contributed by atoms with Crippen LogP contribution in [-0.4, -0.2) is 36.4 Å². The average Bonchev–Trinajstić information content (AvgIpc) is 3.17. The van der Waals surface area contributed by atoms with Crippen molar-refractivity contribution in [3.63, 3.8) is 0 Å². The SMILES string of the molecule is O=C(Cn1cnnn1)OCc1nnc(-c2ccccc2Br)o1. The van der Waals surface area contributed by atoms with Crippen molar-refractivity contribution < 1.29 is 13.9 Å². The number of rotatable bonds is 5. The van der Waals surface area contributed by atoms with Gasteiger partial charge in [-0.25, -0.2) is 4.68 Å². The average molecular weight is 365 g/mol. The van der Waals surface area contributed by atoms with Crippen molar-refractivity contribution in [2.75, 3.05) is 0 Å². The van der Waals surface area contributed by atoms with Crippen LogP contribution >= 0.6 is 15.9 Å². The first-order chi connectivity index (χ1) is 10.7. The largest absolute Gasteiger partial charge is 0.454 e. The maximum Gasteiger partial charge on any atom is 0.328 e. The van der Waals surface area contributed by atoms with Crippen LogP contribution < -0.4 is 0 Å².